The van der Waals surface area contributed by atoms with Crippen molar-refractivity contribution in [3.63, 3.8) is 0 Å². The number of ether oxygens (including phenoxy) is 1. The van der Waals surface area contributed by atoms with Crippen LogP contribution in [0.25, 0.3) is 0 Å². The van der Waals surface area contributed by atoms with Crippen LogP contribution in [0.3, 0.4) is 0 Å². The van der Waals surface area contributed by atoms with E-state index >= 15 is 0 Å². The maximum absolute atomic E-state index is 11.0. The average Bonchev–Trinajstić information content (AvgIpc) is 2.53. The SMILES string of the molecule is O=c1ccc(Cc2ccc(Br)c(Oc3cccc(Cl)c3)c2)n[nH]1. The normalized spacial score (nSPS) is 10.5. The van der Waals surface area contributed by atoms with Gasteiger partial charge < -0.3 is 4.74 Å². The lowest BCUT2D eigenvalue weighted by Gasteiger charge is -2.10. The highest BCUT2D eigenvalue weighted by molar-refractivity contribution is 9.10. The fourth-order valence-corrected chi connectivity index (χ4v) is 2.58. The van der Waals surface area contributed by atoms with E-state index < -0.39 is 0 Å². The van der Waals surface area contributed by atoms with Crippen molar-refractivity contribution in [2.45, 2.75) is 6.42 Å². The molecule has 0 spiro atoms. The monoisotopic (exact) mass is 390 g/mol. The van der Waals surface area contributed by atoms with Crippen molar-refractivity contribution in [1.29, 1.82) is 0 Å². The molecule has 0 fully saturated rings. The number of aromatic amines is 1. The summed E-state index contributed by atoms with van der Waals surface area (Å²) in [4.78, 5) is 11.0. The van der Waals surface area contributed by atoms with E-state index in [1.807, 2.05) is 30.3 Å². The van der Waals surface area contributed by atoms with Gasteiger partial charge in [-0.1, -0.05) is 23.7 Å². The number of rotatable bonds is 4. The summed E-state index contributed by atoms with van der Waals surface area (Å²) < 4.78 is 6.72. The Morgan fingerprint density at radius 1 is 1.13 bits per heavy atom. The second kappa shape index (κ2) is 6.98. The first-order valence-electron chi connectivity index (χ1n) is 6.86. The molecule has 116 valence electrons. The number of hydrogen-bond acceptors (Lipinski definition) is 3. The number of halogens is 2. The van der Waals surface area contributed by atoms with Gasteiger partial charge in [0.15, 0.2) is 0 Å². The van der Waals surface area contributed by atoms with E-state index in [2.05, 4.69) is 26.1 Å². The summed E-state index contributed by atoms with van der Waals surface area (Å²) in [6.45, 7) is 0. The molecule has 4 nitrogen and oxygen atoms in total. The molecule has 0 saturated heterocycles. The Morgan fingerprint density at radius 3 is 2.74 bits per heavy atom. The highest BCUT2D eigenvalue weighted by Gasteiger charge is 2.06. The second-order valence-electron chi connectivity index (χ2n) is 4.91. The van der Waals surface area contributed by atoms with Gasteiger partial charge in [-0.2, -0.15) is 5.10 Å². The minimum Gasteiger partial charge on any atom is -0.456 e. The summed E-state index contributed by atoms with van der Waals surface area (Å²) in [6, 6.07) is 16.2. The molecule has 0 bridgehead atoms. The van der Waals surface area contributed by atoms with Gasteiger partial charge in [-0.15, -0.1) is 0 Å². The van der Waals surface area contributed by atoms with Crippen LogP contribution in [-0.4, -0.2) is 10.2 Å². The summed E-state index contributed by atoms with van der Waals surface area (Å²) >= 11 is 9.45. The molecule has 0 radical (unpaired) electrons. The Morgan fingerprint density at radius 2 is 2.00 bits per heavy atom. The molecule has 0 amide bonds. The van der Waals surface area contributed by atoms with Crippen LogP contribution in [0.1, 0.15) is 11.3 Å². The van der Waals surface area contributed by atoms with Gasteiger partial charge in [-0.25, -0.2) is 5.10 Å². The zero-order valence-corrected chi connectivity index (χ0v) is 14.3. The average molecular weight is 392 g/mol. The molecule has 0 saturated carbocycles. The number of hydrogen-bond donors (Lipinski definition) is 1. The van der Waals surface area contributed by atoms with Crippen molar-refractivity contribution in [1.82, 2.24) is 10.2 Å². The smallest absolute Gasteiger partial charge is 0.264 e. The van der Waals surface area contributed by atoms with E-state index in [9.17, 15) is 4.79 Å². The minimum absolute atomic E-state index is 0.213. The number of nitrogens with one attached hydrogen (secondary N) is 1. The molecule has 0 aliphatic rings. The number of aromatic nitrogens is 2. The topological polar surface area (TPSA) is 55.0 Å². The molecule has 0 unspecified atom stereocenters. The Kier molecular flexibility index (Phi) is 4.79. The maximum Gasteiger partial charge on any atom is 0.264 e. The Balaban J connectivity index is 1.84. The van der Waals surface area contributed by atoms with Gasteiger partial charge in [0, 0.05) is 17.5 Å². The van der Waals surface area contributed by atoms with Crippen LogP contribution in [0.15, 0.2) is 63.9 Å². The third kappa shape index (κ3) is 4.21. The number of benzene rings is 2. The summed E-state index contributed by atoms with van der Waals surface area (Å²) in [7, 11) is 0. The highest BCUT2D eigenvalue weighted by atomic mass is 79.9. The third-order valence-corrected chi connectivity index (χ3v) is 4.03. The van der Waals surface area contributed by atoms with Crippen LogP contribution in [0.5, 0.6) is 11.5 Å². The van der Waals surface area contributed by atoms with Gasteiger partial charge in [0.25, 0.3) is 5.56 Å². The van der Waals surface area contributed by atoms with Crippen molar-refractivity contribution in [2.75, 3.05) is 0 Å². The molecule has 0 atom stereocenters. The molecular weight excluding hydrogens is 380 g/mol. The zero-order chi connectivity index (χ0) is 16.2. The Labute approximate surface area is 146 Å². The minimum atomic E-state index is -0.213. The van der Waals surface area contributed by atoms with Gasteiger partial charge in [0.05, 0.1) is 10.2 Å². The molecule has 0 aliphatic carbocycles. The fraction of sp³-hybridized carbons (Fsp3) is 0.0588. The van der Waals surface area contributed by atoms with Crippen LogP contribution >= 0.6 is 27.5 Å². The fourth-order valence-electron chi connectivity index (χ4n) is 2.07. The molecular formula is C17H12BrClN2O2. The third-order valence-electron chi connectivity index (χ3n) is 3.14. The molecule has 2 aromatic carbocycles. The van der Waals surface area contributed by atoms with Crippen molar-refractivity contribution in [3.8, 4) is 11.5 Å². The van der Waals surface area contributed by atoms with Crippen LogP contribution < -0.4 is 10.3 Å². The summed E-state index contributed by atoms with van der Waals surface area (Å²) in [5.41, 5.74) is 1.58. The van der Waals surface area contributed by atoms with Gasteiger partial charge in [-0.05, 0) is 57.9 Å². The highest BCUT2D eigenvalue weighted by Crippen LogP contribution is 2.32. The second-order valence-corrected chi connectivity index (χ2v) is 6.20. The lowest BCUT2D eigenvalue weighted by Crippen LogP contribution is -2.07. The predicted octanol–water partition coefficient (Wildman–Crippen LogP) is 4.57. The summed E-state index contributed by atoms with van der Waals surface area (Å²) in [6.07, 6.45) is 0.593. The summed E-state index contributed by atoms with van der Waals surface area (Å²) in [5.74, 6) is 1.35. The predicted molar refractivity (Wildman–Crippen MR) is 93.3 cm³/mol. The standard InChI is InChI=1S/C17H12BrClN2O2/c18-15-6-4-11(8-13-5-7-17(22)21-20-13)9-16(15)23-14-3-1-2-12(19)10-14/h1-7,9-10H,8H2,(H,21,22). The van der Waals surface area contributed by atoms with Crippen molar-refractivity contribution < 1.29 is 4.74 Å². The maximum atomic E-state index is 11.0. The molecule has 3 aromatic rings. The van der Waals surface area contributed by atoms with Crippen LogP contribution in [0.2, 0.25) is 5.02 Å². The quantitative estimate of drug-likeness (QED) is 0.709. The van der Waals surface area contributed by atoms with Gasteiger partial charge in [0.2, 0.25) is 0 Å². The van der Waals surface area contributed by atoms with E-state index in [0.717, 1.165) is 15.7 Å². The van der Waals surface area contributed by atoms with Crippen molar-refractivity contribution >= 4 is 27.5 Å². The number of nitrogens with zero attached hydrogens (tertiary/aromatic N) is 1. The Bertz CT molecular complexity index is 875. The van der Waals surface area contributed by atoms with E-state index in [0.29, 0.717) is 22.9 Å². The molecule has 1 aromatic heterocycles. The van der Waals surface area contributed by atoms with E-state index in [1.54, 1.807) is 18.2 Å². The van der Waals surface area contributed by atoms with Gasteiger partial charge >= 0.3 is 0 Å². The van der Waals surface area contributed by atoms with Crippen molar-refractivity contribution in [3.05, 3.63) is 85.7 Å². The van der Waals surface area contributed by atoms with E-state index in [-0.39, 0.29) is 5.56 Å². The summed E-state index contributed by atoms with van der Waals surface area (Å²) in [5, 5.41) is 7.06. The van der Waals surface area contributed by atoms with Gasteiger partial charge in [0.1, 0.15) is 11.5 Å². The van der Waals surface area contributed by atoms with Crippen LogP contribution in [0, 0.1) is 0 Å². The molecule has 1 heterocycles. The first-order chi connectivity index (χ1) is 11.1. The Hall–Kier alpha value is -2.11. The number of H-pyrrole nitrogens is 1. The largest absolute Gasteiger partial charge is 0.456 e. The molecule has 23 heavy (non-hydrogen) atoms. The lowest BCUT2D eigenvalue weighted by molar-refractivity contribution is 0.479. The van der Waals surface area contributed by atoms with Crippen molar-refractivity contribution in [2.24, 2.45) is 0 Å². The first kappa shape index (κ1) is 15.8. The molecule has 0 aliphatic heterocycles. The van der Waals surface area contributed by atoms with Gasteiger partial charge in [-0.3, -0.25) is 4.79 Å². The van der Waals surface area contributed by atoms with E-state index in [4.69, 9.17) is 16.3 Å². The molecule has 1 N–H and O–H groups in total. The first-order valence-corrected chi connectivity index (χ1v) is 8.04. The molecule has 6 heteroatoms. The van der Waals surface area contributed by atoms with Crippen LogP contribution in [0.4, 0.5) is 0 Å². The molecule has 3 rings (SSSR count). The lowest BCUT2D eigenvalue weighted by atomic mass is 10.1. The zero-order valence-electron chi connectivity index (χ0n) is 11.9. The van der Waals surface area contributed by atoms with Crippen LogP contribution in [-0.2, 0) is 6.42 Å². The van der Waals surface area contributed by atoms with E-state index in [1.165, 1.54) is 6.07 Å².